The highest BCUT2D eigenvalue weighted by atomic mass is 35.5. The number of fused-ring (bicyclic) bond motifs is 1. The van der Waals surface area contributed by atoms with Gasteiger partial charge in [-0.3, -0.25) is 14.6 Å². The highest BCUT2D eigenvalue weighted by Gasteiger charge is 2.42. The van der Waals surface area contributed by atoms with Gasteiger partial charge in [-0.05, 0) is 96.5 Å². The molecule has 3 heterocycles. The number of rotatable bonds is 4. The third-order valence-corrected chi connectivity index (χ3v) is 9.86. The van der Waals surface area contributed by atoms with Crippen molar-refractivity contribution in [3.05, 3.63) is 94.0 Å². The molecule has 8 heteroatoms. The summed E-state index contributed by atoms with van der Waals surface area (Å²) in [5, 5.41) is 3.20. The molecule has 3 aliphatic rings. The van der Waals surface area contributed by atoms with Crippen LogP contribution in [0.4, 0.5) is 10.1 Å². The van der Waals surface area contributed by atoms with E-state index >= 15 is 0 Å². The topological polar surface area (TPSA) is 65.5 Å². The van der Waals surface area contributed by atoms with Crippen molar-refractivity contribution in [3.63, 3.8) is 0 Å². The van der Waals surface area contributed by atoms with E-state index in [2.05, 4.69) is 41.2 Å². The van der Waals surface area contributed by atoms with Gasteiger partial charge in [-0.2, -0.15) is 0 Å². The molecule has 6 rings (SSSR count). The lowest BCUT2D eigenvalue weighted by molar-refractivity contribution is 0.0515. The number of likely N-dealkylation sites (tertiary alicyclic amines) is 1. The first-order chi connectivity index (χ1) is 19.6. The SMILES string of the molecule is CC1(C)Cc2ccc(C(=O)N3CCC4(CC3)CCN(c3ccncc3)CC4)cc2C1NC(=O)c1ccc(F)cc1Cl. The van der Waals surface area contributed by atoms with E-state index < -0.39 is 5.82 Å². The van der Waals surface area contributed by atoms with E-state index in [0.717, 1.165) is 75.5 Å². The van der Waals surface area contributed by atoms with Gasteiger partial charge in [0, 0.05) is 49.8 Å². The number of hydrogen-bond acceptors (Lipinski definition) is 4. The number of anilines is 1. The Bertz CT molecular complexity index is 1460. The van der Waals surface area contributed by atoms with Gasteiger partial charge in [0.25, 0.3) is 11.8 Å². The maximum Gasteiger partial charge on any atom is 0.253 e. The Hall–Kier alpha value is -3.45. The number of nitrogens with one attached hydrogen (secondary N) is 1. The summed E-state index contributed by atoms with van der Waals surface area (Å²) in [6.45, 7) is 7.81. The lowest BCUT2D eigenvalue weighted by atomic mass is 9.71. The second-order valence-electron chi connectivity index (χ2n) is 12.6. The van der Waals surface area contributed by atoms with Crippen molar-refractivity contribution in [2.45, 2.75) is 52.0 Å². The zero-order chi connectivity index (χ0) is 28.8. The van der Waals surface area contributed by atoms with Gasteiger partial charge in [0.2, 0.25) is 0 Å². The number of amides is 2. The molecule has 1 atom stereocenters. The molecule has 0 radical (unpaired) electrons. The van der Waals surface area contributed by atoms with Gasteiger partial charge >= 0.3 is 0 Å². The number of carbonyl (C=O) groups is 2. The van der Waals surface area contributed by atoms with Gasteiger partial charge in [-0.25, -0.2) is 4.39 Å². The molecule has 1 N–H and O–H groups in total. The van der Waals surface area contributed by atoms with Gasteiger partial charge < -0.3 is 15.1 Å². The van der Waals surface area contributed by atoms with E-state index in [4.69, 9.17) is 11.6 Å². The average Bonchev–Trinajstić information content (AvgIpc) is 3.22. The van der Waals surface area contributed by atoms with E-state index in [0.29, 0.717) is 11.0 Å². The fourth-order valence-corrected chi connectivity index (χ4v) is 7.24. The van der Waals surface area contributed by atoms with Gasteiger partial charge in [0.15, 0.2) is 0 Å². The summed E-state index contributed by atoms with van der Waals surface area (Å²) in [6, 6.07) is 13.6. The monoisotopic (exact) mass is 574 g/mol. The number of aromatic nitrogens is 1. The minimum atomic E-state index is -0.486. The largest absolute Gasteiger partial charge is 0.371 e. The minimum Gasteiger partial charge on any atom is -0.371 e. The number of hydrogen-bond donors (Lipinski definition) is 1. The van der Waals surface area contributed by atoms with Crippen LogP contribution in [0.5, 0.6) is 0 Å². The van der Waals surface area contributed by atoms with Crippen LogP contribution >= 0.6 is 11.6 Å². The highest BCUT2D eigenvalue weighted by Crippen LogP contribution is 2.46. The van der Waals surface area contributed by atoms with E-state index in [1.807, 2.05) is 35.5 Å². The first-order valence-corrected chi connectivity index (χ1v) is 14.9. The number of carbonyl (C=O) groups excluding carboxylic acids is 2. The summed E-state index contributed by atoms with van der Waals surface area (Å²) in [4.78, 5) is 35.4. The van der Waals surface area contributed by atoms with Crippen molar-refractivity contribution in [2.24, 2.45) is 10.8 Å². The van der Waals surface area contributed by atoms with Crippen LogP contribution in [0.1, 0.15) is 77.4 Å². The van der Waals surface area contributed by atoms with Crippen molar-refractivity contribution in [1.29, 1.82) is 0 Å². The fourth-order valence-electron chi connectivity index (χ4n) is 6.99. The molecular formula is C33H36ClFN4O2. The molecule has 3 aromatic rings. The van der Waals surface area contributed by atoms with Gasteiger partial charge in [0.05, 0.1) is 16.6 Å². The van der Waals surface area contributed by atoms with Crippen LogP contribution in [0.15, 0.2) is 60.9 Å². The smallest absolute Gasteiger partial charge is 0.253 e. The molecule has 1 aromatic heterocycles. The maximum atomic E-state index is 13.7. The van der Waals surface area contributed by atoms with E-state index in [1.54, 1.807) is 0 Å². The molecule has 6 nitrogen and oxygen atoms in total. The van der Waals surface area contributed by atoms with Gasteiger partial charge in [-0.15, -0.1) is 0 Å². The molecule has 41 heavy (non-hydrogen) atoms. The molecule has 1 spiro atoms. The molecule has 2 aliphatic heterocycles. The summed E-state index contributed by atoms with van der Waals surface area (Å²) in [5.41, 5.74) is 4.26. The molecule has 1 aliphatic carbocycles. The van der Waals surface area contributed by atoms with E-state index in [1.165, 1.54) is 17.8 Å². The normalized spacial score (nSPS) is 21.0. The fraction of sp³-hybridized carbons (Fsp3) is 0.424. The van der Waals surface area contributed by atoms with Crippen LogP contribution < -0.4 is 10.2 Å². The second-order valence-corrected chi connectivity index (χ2v) is 13.0. The maximum absolute atomic E-state index is 13.7. The lowest BCUT2D eigenvalue weighted by Crippen LogP contribution is -2.48. The van der Waals surface area contributed by atoms with Crippen molar-refractivity contribution < 1.29 is 14.0 Å². The Balaban J connectivity index is 1.12. The summed E-state index contributed by atoms with van der Waals surface area (Å²) >= 11 is 6.17. The molecule has 1 unspecified atom stereocenters. The lowest BCUT2D eigenvalue weighted by Gasteiger charge is -2.47. The molecule has 2 saturated heterocycles. The predicted octanol–water partition coefficient (Wildman–Crippen LogP) is 6.45. The molecule has 0 saturated carbocycles. The van der Waals surface area contributed by atoms with E-state index in [9.17, 15) is 14.0 Å². The van der Waals surface area contributed by atoms with Crippen molar-refractivity contribution in [3.8, 4) is 0 Å². The number of benzene rings is 2. The Morgan fingerprint density at radius 3 is 2.32 bits per heavy atom. The average molecular weight is 575 g/mol. The Labute approximate surface area is 245 Å². The number of halogens is 2. The summed E-state index contributed by atoms with van der Waals surface area (Å²) in [7, 11) is 0. The number of piperidine rings is 2. The van der Waals surface area contributed by atoms with Crippen LogP contribution in [-0.4, -0.2) is 47.9 Å². The van der Waals surface area contributed by atoms with Crippen molar-refractivity contribution in [1.82, 2.24) is 15.2 Å². The predicted molar refractivity (Wildman–Crippen MR) is 159 cm³/mol. The highest BCUT2D eigenvalue weighted by molar-refractivity contribution is 6.33. The van der Waals surface area contributed by atoms with Crippen LogP contribution in [0.25, 0.3) is 0 Å². The van der Waals surface area contributed by atoms with Crippen molar-refractivity contribution in [2.75, 3.05) is 31.1 Å². The molecular weight excluding hydrogens is 539 g/mol. The van der Waals surface area contributed by atoms with E-state index in [-0.39, 0.29) is 33.9 Å². The third kappa shape index (κ3) is 5.44. The van der Waals surface area contributed by atoms with Gasteiger partial charge in [-0.1, -0.05) is 31.5 Å². The first-order valence-electron chi connectivity index (χ1n) is 14.5. The van der Waals surface area contributed by atoms with Crippen LogP contribution in [0.2, 0.25) is 5.02 Å². The first kappa shape index (κ1) is 27.7. The molecule has 0 bridgehead atoms. The zero-order valence-corrected chi connectivity index (χ0v) is 24.4. The van der Waals surface area contributed by atoms with Crippen LogP contribution in [-0.2, 0) is 6.42 Å². The Morgan fingerprint density at radius 2 is 1.63 bits per heavy atom. The Morgan fingerprint density at radius 1 is 0.951 bits per heavy atom. The standard InChI is InChI=1S/C33H36ClFN4O2/c1-32(2)21-23-4-3-22(19-27(23)29(32)37-30(40)26-6-5-24(35)20-28(26)34)31(41)39-17-11-33(12-18-39)9-15-38(16-10-33)25-7-13-36-14-8-25/h3-8,13-14,19-20,29H,9-12,15-18,21H2,1-2H3,(H,37,40). The molecule has 2 aromatic carbocycles. The third-order valence-electron chi connectivity index (χ3n) is 9.55. The Kier molecular flexibility index (Phi) is 7.26. The van der Waals surface area contributed by atoms with Crippen LogP contribution in [0, 0.1) is 16.6 Å². The van der Waals surface area contributed by atoms with Gasteiger partial charge in [0.1, 0.15) is 5.82 Å². The summed E-state index contributed by atoms with van der Waals surface area (Å²) in [6.07, 6.45) is 8.81. The van der Waals surface area contributed by atoms with Crippen molar-refractivity contribution >= 4 is 29.1 Å². The summed E-state index contributed by atoms with van der Waals surface area (Å²) < 4.78 is 13.5. The zero-order valence-electron chi connectivity index (χ0n) is 23.6. The van der Waals surface area contributed by atoms with Crippen LogP contribution in [0.3, 0.4) is 0 Å². The molecule has 2 fully saturated rings. The number of nitrogens with zero attached hydrogens (tertiary/aromatic N) is 3. The summed E-state index contributed by atoms with van der Waals surface area (Å²) in [5.74, 6) is -0.789. The number of pyridine rings is 1. The second kappa shape index (κ2) is 10.8. The molecule has 214 valence electrons. The quantitative estimate of drug-likeness (QED) is 0.389. The molecule has 2 amide bonds. The minimum absolute atomic E-state index is 0.0493.